The van der Waals surface area contributed by atoms with Gasteiger partial charge < -0.3 is 15.1 Å². The van der Waals surface area contributed by atoms with Crippen LogP contribution in [-0.4, -0.2) is 34.8 Å². The van der Waals surface area contributed by atoms with Crippen LogP contribution in [0.15, 0.2) is 34.7 Å². The lowest BCUT2D eigenvalue weighted by Gasteiger charge is -2.33. The number of imide groups is 1. The number of carbonyl (C=O) groups is 3. The van der Waals surface area contributed by atoms with E-state index in [-0.39, 0.29) is 18.5 Å². The maximum Gasteiger partial charge on any atom is 0.325 e. The number of amides is 4. The van der Waals surface area contributed by atoms with Crippen molar-refractivity contribution in [2.75, 3.05) is 6.54 Å². The zero-order chi connectivity index (χ0) is 19.9. The minimum Gasteiger partial charge on any atom is -0.459 e. The van der Waals surface area contributed by atoms with Gasteiger partial charge in [-0.05, 0) is 50.7 Å². The predicted octanol–water partition coefficient (Wildman–Crippen LogP) is 3.11. The molecule has 1 aliphatic carbocycles. The number of furan rings is 1. The minimum atomic E-state index is -0.825. The number of benzene rings is 1. The third kappa shape index (κ3) is 3.25. The number of para-hydroxylation sites is 1. The van der Waals surface area contributed by atoms with Crippen molar-refractivity contribution < 1.29 is 18.8 Å². The second kappa shape index (κ2) is 6.96. The van der Waals surface area contributed by atoms with Crippen molar-refractivity contribution in [1.29, 1.82) is 0 Å². The van der Waals surface area contributed by atoms with Crippen molar-refractivity contribution in [3.05, 3.63) is 36.1 Å². The first-order valence-corrected chi connectivity index (χ1v) is 9.80. The summed E-state index contributed by atoms with van der Waals surface area (Å²) in [5, 5.41) is 6.61. The van der Waals surface area contributed by atoms with Crippen LogP contribution in [0.2, 0.25) is 0 Å². The first-order chi connectivity index (χ1) is 13.4. The van der Waals surface area contributed by atoms with E-state index in [0.717, 1.165) is 28.7 Å². The zero-order valence-electron chi connectivity index (χ0n) is 16.2. The summed E-state index contributed by atoms with van der Waals surface area (Å²) < 4.78 is 5.77. The molecule has 1 atom stereocenters. The summed E-state index contributed by atoms with van der Waals surface area (Å²) in [5.74, 6) is 0.510. The molecule has 7 nitrogen and oxygen atoms in total. The molecule has 2 aliphatic rings. The average molecular weight is 383 g/mol. The Morgan fingerprint density at radius 3 is 2.75 bits per heavy atom. The molecule has 0 bridgehead atoms. The van der Waals surface area contributed by atoms with Gasteiger partial charge in [0.2, 0.25) is 5.91 Å². The molecular formula is C21H25N3O4. The van der Waals surface area contributed by atoms with Crippen molar-refractivity contribution >= 4 is 28.8 Å². The van der Waals surface area contributed by atoms with Crippen molar-refractivity contribution in [1.82, 2.24) is 15.5 Å². The highest BCUT2D eigenvalue weighted by Crippen LogP contribution is 2.36. The number of hydrogen-bond donors (Lipinski definition) is 2. The molecule has 2 N–H and O–H groups in total. The lowest BCUT2D eigenvalue weighted by Crippen LogP contribution is -2.50. The first kappa shape index (κ1) is 18.5. The van der Waals surface area contributed by atoms with Crippen LogP contribution in [0.3, 0.4) is 0 Å². The van der Waals surface area contributed by atoms with Crippen LogP contribution in [0.5, 0.6) is 0 Å². The van der Waals surface area contributed by atoms with Gasteiger partial charge in [0.1, 0.15) is 23.4 Å². The maximum atomic E-state index is 12.9. The molecule has 0 radical (unpaired) electrons. The summed E-state index contributed by atoms with van der Waals surface area (Å²) in [7, 11) is 0. The molecule has 2 fully saturated rings. The summed E-state index contributed by atoms with van der Waals surface area (Å²) in [6.45, 7) is 3.68. The van der Waals surface area contributed by atoms with Gasteiger partial charge in [-0.25, -0.2) is 4.79 Å². The average Bonchev–Trinajstić information content (AvgIpc) is 3.20. The molecule has 2 aromatic rings. The zero-order valence-corrected chi connectivity index (χ0v) is 16.2. The Hall–Kier alpha value is -2.83. The number of nitrogens with one attached hydrogen (secondary N) is 2. The Labute approximate surface area is 163 Å². The van der Waals surface area contributed by atoms with Crippen molar-refractivity contribution in [2.45, 2.75) is 51.1 Å². The van der Waals surface area contributed by atoms with Crippen molar-refractivity contribution in [3.63, 3.8) is 0 Å². The van der Waals surface area contributed by atoms with E-state index in [0.29, 0.717) is 24.5 Å². The summed E-state index contributed by atoms with van der Waals surface area (Å²) in [6, 6.07) is 8.64. The van der Waals surface area contributed by atoms with Crippen LogP contribution in [0, 0.1) is 5.92 Å². The highest BCUT2D eigenvalue weighted by atomic mass is 16.3. The van der Waals surface area contributed by atoms with E-state index in [1.165, 1.54) is 0 Å². The summed E-state index contributed by atoms with van der Waals surface area (Å²) >= 11 is 0. The number of nitrogens with zero attached hydrogens (tertiary/aromatic N) is 1. The number of urea groups is 1. The maximum absolute atomic E-state index is 12.9. The Morgan fingerprint density at radius 2 is 2.04 bits per heavy atom. The molecule has 4 rings (SSSR count). The van der Waals surface area contributed by atoms with Crippen LogP contribution in [0.1, 0.15) is 51.3 Å². The molecule has 1 aromatic heterocycles. The Kier molecular flexibility index (Phi) is 4.61. The molecule has 2 heterocycles. The monoisotopic (exact) mass is 383 g/mol. The normalized spacial score (nSPS) is 25.9. The van der Waals surface area contributed by atoms with Gasteiger partial charge in [0.05, 0.1) is 6.04 Å². The Morgan fingerprint density at radius 1 is 1.32 bits per heavy atom. The molecular weight excluding hydrogens is 358 g/mol. The second-order valence-corrected chi connectivity index (χ2v) is 8.06. The summed E-state index contributed by atoms with van der Waals surface area (Å²) in [5.41, 5.74) is -0.0741. The molecule has 0 unspecified atom stereocenters. The fraction of sp³-hybridized carbons (Fsp3) is 0.476. The quantitative estimate of drug-likeness (QED) is 0.794. The number of rotatable bonds is 4. The summed E-state index contributed by atoms with van der Waals surface area (Å²) in [6.07, 6.45) is 3.06. The molecule has 1 spiro atoms. The van der Waals surface area contributed by atoms with Crippen LogP contribution >= 0.6 is 0 Å². The highest BCUT2D eigenvalue weighted by Gasteiger charge is 2.52. The SMILES string of the molecule is CC1CCC2(CC1)NC(=O)N(CC(=O)N[C@H](C)c1cc3ccccc3o1)C2=O. The number of carbonyl (C=O) groups excluding carboxylic acids is 3. The molecule has 7 heteroatoms. The first-order valence-electron chi connectivity index (χ1n) is 9.80. The molecule has 1 saturated carbocycles. The second-order valence-electron chi connectivity index (χ2n) is 8.06. The minimum absolute atomic E-state index is 0.282. The van der Waals surface area contributed by atoms with E-state index in [1.807, 2.05) is 37.3 Å². The van der Waals surface area contributed by atoms with Gasteiger partial charge in [-0.3, -0.25) is 14.5 Å². The standard InChI is InChI=1S/C21H25N3O4/c1-13-7-9-21(10-8-13)19(26)24(20(27)23-21)12-18(25)22-14(2)17-11-15-5-3-4-6-16(15)28-17/h3-6,11,13-14H,7-10,12H2,1-2H3,(H,22,25)(H,23,27)/t13?,14-,21?/m1/s1. The van der Waals surface area contributed by atoms with E-state index in [1.54, 1.807) is 0 Å². The molecule has 4 amide bonds. The van der Waals surface area contributed by atoms with Crippen LogP contribution in [-0.2, 0) is 9.59 Å². The van der Waals surface area contributed by atoms with E-state index < -0.39 is 17.5 Å². The lowest BCUT2D eigenvalue weighted by molar-refractivity contribution is -0.136. The van der Waals surface area contributed by atoms with Gasteiger partial charge in [-0.2, -0.15) is 0 Å². The van der Waals surface area contributed by atoms with Gasteiger partial charge in [0.25, 0.3) is 5.91 Å². The van der Waals surface area contributed by atoms with Gasteiger partial charge >= 0.3 is 6.03 Å². The van der Waals surface area contributed by atoms with Crippen LogP contribution < -0.4 is 10.6 Å². The molecule has 148 valence electrons. The predicted molar refractivity (Wildman–Crippen MR) is 103 cm³/mol. The highest BCUT2D eigenvalue weighted by molar-refractivity contribution is 6.09. The van der Waals surface area contributed by atoms with Crippen molar-refractivity contribution in [2.24, 2.45) is 5.92 Å². The lowest BCUT2D eigenvalue weighted by atomic mass is 9.77. The fourth-order valence-electron chi connectivity index (χ4n) is 4.13. The number of hydrogen-bond acceptors (Lipinski definition) is 4. The van der Waals surface area contributed by atoms with Crippen LogP contribution in [0.4, 0.5) is 4.79 Å². The molecule has 28 heavy (non-hydrogen) atoms. The van der Waals surface area contributed by atoms with Crippen LogP contribution in [0.25, 0.3) is 11.0 Å². The topological polar surface area (TPSA) is 91.7 Å². The van der Waals surface area contributed by atoms with E-state index in [2.05, 4.69) is 17.6 Å². The fourth-order valence-corrected chi connectivity index (χ4v) is 4.13. The molecule has 1 aliphatic heterocycles. The molecule has 1 aromatic carbocycles. The third-order valence-electron chi connectivity index (χ3n) is 5.92. The van der Waals surface area contributed by atoms with Crippen molar-refractivity contribution in [3.8, 4) is 0 Å². The molecule has 1 saturated heterocycles. The Balaban J connectivity index is 1.40. The largest absolute Gasteiger partial charge is 0.459 e. The summed E-state index contributed by atoms with van der Waals surface area (Å²) in [4.78, 5) is 38.7. The third-order valence-corrected chi connectivity index (χ3v) is 5.92. The van der Waals surface area contributed by atoms with Gasteiger partial charge in [-0.15, -0.1) is 0 Å². The Bertz CT molecular complexity index is 894. The van der Waals surface area contributed by atoms with Gasteiger partial charge in [-0.1, -0.05) is 25.1 Å². The smallest absolute Gasteiger partial charge is 0.325 e. The van der Waals surface area contributed by atoms with Gasteiger partial charge in [0, 0.05) is 5.39 Å². The van der Waals surface area contributed by atoms with E-state index in [4.69, 9.17) is 4.42 Å². The number of fused-ring (bicyclic) bond motifs is 1. The van der Waals surface area contributed by atoms with E-state index >= 15 is 0 Å². The van der Waals surface area contributed by atoms with Gasteiger partial charge in [0.15, 0.2) is 0 Å². The van der Waals surface area contributed by atoms with E-state index in [9.17, 15) is 14.4 Å².